The Labute approximate surface area is 104 Å². The molecular formula is C12H22O4S. The van der Waals surface area contributed by atoms with Crippen molar-refractivity contribution in [2.45, 2.75) is 39.5 Å². The van der Waals surface area contributed by atoms with Gasteiger partial charge in [0.1, 0.15) is 0 Å². The lowest BCUT2D eigenvalue weighted by molar-refractivity contribution is -0.149. The third kappa shape index (κ3) is 4.30. The first-order valence-corrected chi connectivity index (χ1v) is 7.88. The molecule has 4 nitrogen and oxygen atoms in total. The van der Waals surface area contributed by atoms with Crippen molar-refractivity contribution in [3.8, 4) is 0 Å². The molecule has 17 heavy (non-hydrogen) atoms. The molecule has 1 fully saturated rings. The summed E-state index contributed by atoms with van der Waals surface area (Å²) in [5, 5.41) is 0. The highest BCUT2D eigenvalue weighted by Gasteiger charge is 2.35. The summed E-state index contributed by atoms with van der Waals surface area (Å²) in [7, 11) is -1.89. The third-order valence-corrected chi connectivity index (χ3v) is 5.42. The lowest BCUT2D eigenvalue weighted by Gasteiger charge is -2.22. The Morgan fingerprint density at radius 3 is 2.29 bits per heavy atom. The van der Waals surface area contributed by atoms with Gasteiger partial charge in [0.15, 0.2) is 9.84 Å². The Balaban J connectivity index is 2.62. The first-order valence-electron chi connectivity index (χ1n) is 6.06. The zero-order valence-electron chi connectivity index (χ0n) is 10.9. The van der Waals surface area contributed by atoms with Crippen molar-refractivity contribution < 1.29 is 17.9 Å². The molecule has 0 bridgehead atoms. The van der Waals surface area contributed by atoms with Crippen LogP contribution in [0, 0.1) is 11.3 Å². The topological polar surface area (TPSA) is 60.4 Å². The molecule has 0 aromatic heterocycles. The molecule has 0 amide bonds. The summed E-state index contributed by atoms with van der Waals surface area (Å²) in [6, 6.07) is 0. The number of rotatable bonds is 5. The van der Waals surface area contributed by atoms with Gasteiger partial charge in [0, 0.05) is 0 Å². The van der Waals surface area contributed by atoms with E-state index >= 15 is 0 Å². The minimum absolute atomic E-state index is 0.122. The highest BCUT2D eigenvalue weighted by molar-refractivity contribution is 7.91. The summed E-state index contributed by atoms with van der Waals surface area (Å²) < 4.78 is 28.7. The third-order valence-electron chi connectivity index (χ3n) is 3.28. The molecule has 0 N–H and O–H groups in total. The molecule has 0 heterocycles. The smallest absolute Gasteiger partial charge is 0.312 e. The SMILES string of the molecule is COC(=O)C(C)(C)CS(=O)(=O)CC1CCCC1. The summed E-state index contributed by atoms with van der Waals surface area (Å²) in [5.41, 5.74) is -0.952. The predicted molar refractivity (Wildman–Crippen MR) is 66.4 cm³/mol. The molecule has 1 rings (SSSR count). The van der Waals surface area contributed by atoms with Gasteiger partial charge in [-0.25, -0.2) is 8.42 Å². The van der Waals surface area contributed by atoms with Gasteiger partial charge < -0.3 is 4.74 Å². The number of ether oxygens (including phenoxy) is 1. The molecule has 1 aliphatic rings. The fourth-order valence-corrected chi connectivity index (χ4v) is 4.87. The Kier molecular flexibility index (Phi) is 4.58. The summed E-state index contributed by atoms with van der Waals surface area (Å²) in [6.07, 6.45) is 4.25. The summed E-state index contributed by atoms with van der Waals surface area (Å²) in [4.78, 5) is 11.5. The second kappa shape index (κ2) is 5.38. The molecule has 100 valence electrons. The van der Waals surface area contributed by atoms with Crippen LogP contribution in [0.1, 0.15) is 39.5 Å². The van der Waals surface area contributed by atoms with Crippen LogP contribution >= 0.6 is 0 Å². The van der Waals surface area contributed by atoms with Crippen molar-refractivity contribution in [2.24, 2.45) is 11.3 Å². The van der Waals surface area contributed by atoms with Crippen LogP contribution in [-0.2, 0) is 19.4 Å². The molecule has 0 aromatic carbocycles. The maximum atomic E-state index is 12.0. The largest absolute Gasteiger partial charge is 0.469 e. The second-order valence-electron chi connectivity index (χ2n) is 5.58. The lowest BCUT2D eigenvalue weighted by Crippen LogP contribution is -2.35. The number of sulfone groups is 1. The first-order chi connectivity index (χ1) is 7.77. The fraction of sp³-hybridized carbons (Fsp3) is 0.917. The minimum atomic E-state index is -3.18. The van der Waals surface area contributed by atoms with E-state index in [-0.39, 0.29) is 17.4 Å². The monoisotopic (exact) mass is 262 g/mol. The summed E-state index contributed by atoms with van der Waals surface area (Å²) >= 11 is 0. The van der Waals surface area contributed by atoms with E-state index < -0.39 is 21.2 Å². The second-order valence-corrected chi connectivity index (χ2v) is 7.69. The summed E-state index contributed by atoms with van der Waals surface area (Å²) in [5.74, 6) is -0.0858. The van der Waals surface area contributed by atoms with Crippen LogP contribution in [0.2, 0.25) is 0 Å². The van der Waals surface area contributed by atoms with Crippen LogP contribution in [0.5, 0.6) is 0 Å². The van der Waals surface area contributed by atoms with Crippen molar-refractivity contribution in [3.63, 3.8) is 0 Å². The zero-order chi connectivity index (χ0) is 13.1. The molecule has 0 atom stereocenters. The highest BCUT2D eigenvalue weighted by atomic mass is 32.2. The maximum absolute atomic E-state index is 12.0. The van der Waals surface area contributed by atoms with Crippen molar-refractivity contribution in [1.29, 1.82) is 0 Å². The number of carbonyl (C=O) groups excluding carboxylic acids is 1. The van der Waals surface area contributed by atoms with E-state index in [1.165, 1.54) is 7.11 Å². The quantitative estimate of drug-likeness (QED) is 0.709. The average Bonchev–Trinajstić information content (AvgIpc) is 2.66. The Morgan fingerprint density at radius 2 is 1.82 bits per heavy atom. The Bertz CT molecular complexity index is 364. The number of hydrogen-bond acceptors (Lipinski definition) is 4. The number of esters is 1. The van der Waals surface area contributed by atoms with Crippen LogP contribution in [0.3, 0.4) is 0 Å². The van der Waals surface area contributed by atoms with E-state index in [0.717, 1.165) is 25.7 Å². The van der Waals surface area contributed by atoms with Crippen LogP contribution in [0.4, 0.5) is 0 Å². The Hall–Kier alpha value is -0.580. The molecule has 0 aliphatic heterocycles. The molecule has 5 heteroatoms. The molecule has 0 aromatic rings. The zero-order valence-corrected chi connectivity index (χ0v) is 11.7. The van der Waals surface area contributed by atoms with E-state index in [1.807, 2.05) is 0 Å². The average molecular weight is 262 g/mol. The molecule has 0 unspecified atom stereocenters. The van der Waals surface area contributed by atoms with Gasteiger partial charge >= 0.3 is 5.97 Å². The first kappa shape index (κ1) is 14.5. The van der Waals surface area contributed by atoms with Crippen LogP contribution in [0.25, 0.3) is 0 Å². The van der Waals surface area contributed by atoms with Crippen molar-refractivity contribution in [3.05, 3.63) is 0 Å². The molecule has 0 saturated heterocycles. The van der Waals surface area contributed by atoms with Crippen molar-refractivity contribution in [2.75, 3.05) is 18.6 Å². The van der Waals surface area contributed by atoms with Gasteiger partial charge in [-0.2, -0.15) is 0 Å². The lowest BCUT2D eigenvalue weighted by atomic mass is 9.97. The standard InChI is InChI=1S/C12H22O4S/c1-12(2,11(13)16-3)9-17(14,15)8-10-6-4-5-7-10/h10H,4-9H2,1-3H3. The van der Waals surface area contributed by atoms with Gasteiger partial charge in [0.25, 0.3) is 0 Å². The Morgan fingerprint density at radius 1 is 1.29 bits per heavy atom. The normalized spacial score (nSPS) is 18.3. The van der Waals surface area contributed by atoms with Crippen LogP contribution < -0.4 is 0 Å². The van der Waals surface area contributed by atoms with Gasteiger partial charge in [-0.3, -0.25) is 4.79 Å². The van der Waals surface area contributed by atoms with E-state index in [9.17, 15) is 13.2 Å². The molecule has 1 saturated carbocycles. The minimum Gasteiger partial charge on any atom is -0.469 e. The maximum Gasteiger partial charge on any atom is 0.312 e. The van der Waals surface area contributed by atoms with Crippen molar-refractivity contribution in [1.82, 2.24) is 0 Å². The van der Waals surface area contributed by atoms with Gasteiger partial charge in [-0.15, -0.1) is 0 Å². The van der Waals surface area contributed by atoms with Gasteiger partial charge in [0.05, 0.1) is 24.0 Å². The van der Waals surface area contributed by atoms with Crippen LogP contribution in [0.15, 0.2) is 0 Å². The number of carbonyl (C=O) groups is 1. The number of methoxy groups -OCH3 is 1. The predicted octanol–water partition coefficient (Wildman–Crippen LogP) is 1.79. The fourth-order valence-electron chi connectivity index (χ4n) is 2.48. The molecule has 1 aliphatic carbocycles. The molecule has 0 spiro atoms. The highest BCUT2D eigenvalue weighted by Crippen LogP contribution is 2.28. The molecule has 0 radical (unpaired) electrons. The van der Waals surface area contributed by atoms with E-state index in [0.29, 0.717) is 0 Å². The molecular weight excluding hydrogens is 240 g/mol. The summed E-state index contributed by atoms with van der Waals surface area (Å²) in [6.45, 7) is 3.23. The van der Waals surface area contributed by atoms with E-state index in [2.05, 4.69) is 4.74 Å². The van der Waals surface area contributed by atoms with Crippen LogP contribution in [-0.4, -0.2) is 33.0 Å². The van der Waals surface area contributed by atoms with E-state index in [1.54, 1.807) is 13.8 Å². The van der Waals surface area contributed by atoms with Crippen molar-refractivity contribution >= 4 is 15.8 Å². The van der Waals surface area contributed by atoms with Gasteiger partial charge in [0.2, 0.25) is 0 Å². The van der Waals surface area contributed by atoms with Gasteiger partial charge in [-0.1, -0.05) is 12.8 Å². The number of hydrogen-bond donors (Lipinski definition) is 0. The van der Waals surface area contributed by atoms with E-state index in [4.69, 9.17) is 0 Å². The van der Waals surface area contributed by atoms with Gasteiger partial charge in [-0.05, 0) is 32.6 Å².